The molecular weight excluding hydrogens is 193 g/mol. The van der Waals surface area contributed by atoms with Crippen molar-refractivity contribution >= 4 is 18.3 Å². The Hall–Kier alpha value is -1.30. The Morgan fingerprint density at radius 2 is 2.20 bits per heavy atom. The Bertz CT molecular complexity index is 404. The number of allylic oxidation sites excluding steroid dienone is 1. The van der Waals surface area contributed by atoms with E-state index >= 15 is 0 Å². The molecule has 0 spiro atoms. The van der Waals surface area contributed by atoms with Crippen LogP contribution in [0.1, 0.15) is 11.1 Å². The number of rotatable bonds is 3. The molecule has 0 heterocycles. The van der Waals surface area contributed by atoms with Crippen molar-refractivity contribution in [3.05, 3.63) is 35.4 Å². The SMILES string of the molecule is CONC1=CCc2cc(B(O)O)ccc21. The summed E-state index contributed by atoms with van der Waals surface area (Å²) in [6.45, 7) is 0. The largest absolute Gasteiger partial charge is 0.488 e. The molecule has 0 bridgehead atoms. The van der Waals surface area contributed by atoms with E-state index in [1.807, 2.05) is 12.1 Å². The number of benzene rings is 1. The molecule has 0 radical (unpaired) electrons. The zero-order valence-electron chi connectivity index (χ0n) is 8.40. The van der Waals surface area contributed by atoms with Gasteiger partial charge in [0.15, 0.2) is 0 Å². The van der Waals surface area contributed by atoms with Crippen molar-refractivity contribution in [3.63, 3.8) is 0 Å². The highest BCUT2D eigenvalue weighted by molar-refractivity contribution is 6.58. The third kappa shape index (κ3) is 1.90. The van der Waals surface area contributed by atoms with Gasteiger partial charge in [0.2, 0.25) is 0 Å². The molecule has 0 unspecified atom stereocenters. The van der Waals surface area contributed by atoms with Gasteiger partial charge >= 0.3 is 7.12 Å². The fourth-order valence-electron chi connectivity index (χ4n) is 1.73. The highest BCUT2D eigenvalue weighted by Gasteiger charge is 2.18. The summed E-state index contributed by atoms with van der Waals surface area (Å²) in [4.78, 5) is 4.84. The molecule has 0 atom stereocenters. The van der Waals surface area contributed by atoms with Crippen molar-refractivity contribution < 1.29 is 14.9 Å². The second-order valence-corrected chi connectivity index (χ2v) is 3.42. The van der Waals surface area contributed by atoms with E-state index in [-0.39, 0.29) is 0 Å². The van der Waals surface area contributed by atoms with Crippen LogP contribution < -0.4 is 10.9 Å². The standard InChI is InChI=1S/C10H12BNO3/c1-15-12-10-5-2-7-6-8(11(13)14)3-4-9(7)10/h3-6,12-14H,2H2,1H3. The molecule has 0 saturated carbocycles. The summed E-state index contributed by atoms with van der Waals surface area (Å²) >= 11 is 0. The van der Waals surface area contributed by atoms with Crippen LogP contribution in [0.15, 0.2) is 24.3 Å². The maximum Gasteiger partial charge on any atom is 0.488 e. The van der Waals surface area contributed by atoms with Crippen molar-refractivity contribution in [2.24, 2.45) is 0 Å². The van der Waals surface area contributed by atoms with E-state index in [0.29, 0.717) is 5.46 Å². The van der Waals surface area contributed by atoms with E-state index in [1.54, 1.807) is 19.2 Å². The molecule has 5 heteroatoms. The quantitative estimate of drug-likeness (QED) is 0.456. The molecule has 1 aromatic rings. The fourth-order valence-corrected chi connectivity index (χ4v) is 1.73. The summed E-state index contributed by atoms with van der Waals surface area (Å²) in [7, 11) is 0.153. The average Bonchev–Trinajstić information content (AvgIpc) is 2.61. The van der Waals surface area contributed by atoms with Gasteiger partial charge in [-0.05, 0) is 17.4 Å². The second kappa shape index (κ2) is 4.06. The third-order valence-corrected chi connectivity index (χ3v) is 2.46. The van der Waals surface area contributed by atoms with Gasteiger partial charge in [-0.3, -0.25) is 10.3 Å². The van der Waals surface area contributed by atoms with E-state index in [2.05, 4.69) is 5.48 Å². The lowest BCUT2D eigenvalue weighted by Crippen LogP contribution is -2.30. The third-order valence-electron chi connectivity index (χ3n) is 2.46. The van der Waals surface area contributed by atoms with Crippen LogP contribution in [0.5, 0.6) is 0 Å². The molecule has 1 aliphatic rings. The zero-order valence-corrected chi connectivity index (χ0v) is 8.40. The maximum absolute atomic E-state index is 9.02. The summed E-state index contributed by atoms with van der Waals surface area (Å²) in [5, 5.41) is 18.0. The van der Waals surface area contributed by atoms with Crippen LogP contribution in [0.2, 0.25) is 0 Å². The van der Waals surface area contributed by atoms with Gasteiger partial charge < -0.3 is 10.0 Å². The van der Waals surface area contributed by atoms with Crippen LogP contribution >= 0.6 is 0 Å². The first-order valence-electron chi connectivity index (χ1n) is 4.71. The Morgan fingerprint density at radius 1 is 1.40 bits per heavy atom. The van der Waals surface area contributed by atoms with Crippen LogP contribution in [-0.2, 0) is 11.3 Å². The van der Waals surface area contributed by atoms with Crippen molar-refractivity contribution in [1.29, 1.82) is 0 Å². The molecule has 0 amide bonds. The monoisotopic (exact) mass is 205 g/mol. The molecule has 2 rings (SSSR count). The molecular formula is C10H12BNO3. The summed E-state index contributed by atoms with van der Waals surface area (Å²) in [6, 6.07) is 5.34. The molecule has 15 heavy (non-hydrogen) atoms. The normalized spacial score (nSPS) is 13.4. The molecule has 0 saturated heterocycles. The van der Waals surface area contributed by atoms with Gasteiger partial charge in [-0.15, -0.1) is 0 Å². The molecule has 0 aliphatic heterocycles. The minimum Gasteiger partial charge on any atom is -0.423 e. The van der Waals surface area contributed by atoms with Crippen LogP contribution in [0.3, 0.4) is 0 Å². The highest BCUT2D eigenvalue weighted by Crippen LogP contribution is 2.24. The maximum atomic E-state index is 9.02. The summed E-state index contributed by atoms with van der Waals surface area (Å²) in [5.41, 5.74) is 6.34. The minimum absolute atomic E-state index is 0.515. The highest BCUT2D eigenvalue weighted by atomic mass is 16.6. The fraction of sp³-hybridized carbons (Fsp3) is 0.200. The minimum atomic E-state index is -1.41. The second-order valence-electron chi connectivity index (χ2n) is 3.42. The lowest BCUT2D eigenvalue weighted by Gasteiger charge is -2.08. The van der Waals surface area contributed by atoms with Crippen LogP contribution in [0, 0.1) is 0 Å². The number of hydroxylamine groups is 1. The number of hydrogen-bond donors (Lipinski definition) is 3. The Balaban J connectivity index is 2.29. The van der Waals surface area contributed by atoms with E-state index in [4.69, 9.17) is 14.9 Å². The number of hydrogen-bond acceptors (Lipinski definition) is 4. The summed E-state index contributed by atoms with van der Waals surface area (Å²) in [5.74, 6) is 0. The number of fused-ring (bicyclic) bond motifs is 1. The molecule has 0 fully saturated rings. The Morgan fingerprint density at radius 3 is 2.87 bits per heavy atom. The van der Waals surface area contributed by atoms with Crippen molar-refractivity contribution in [2.75, 3.05) is 7.11 Å². The molecule has 1 aromatic carbocycles. The van der Waals surface area contributed by atoms with Gasteiger partial charge in [0.25, 0.3) is 0 Å². The van der Waals surface area contributed by atoms with E-state index in [1.165, 1.54) is 0 Å². The smallest absolute Gasteiger partial charge is 0.423 e. The van der Waals surface area contributed by atoms with Crippen LogP contribution in [-0.4, -0.2) is 24.3 Å². The summed E-state index contributed by atoms with van der Waals surface area (Å²) in [6.07, 6.45) is 2.78. The van der Waals surface area contributed by atoms with Gasteiger partial charge in [-0.25, -0.2) is 0 Å². The molecule has 0 aromatic heterocycles. The molecule has 3 N–H and O–H groups in total. The first kappa shape index (κ1) is 10.2. The summed E-state index contributed by atoms with van der Waals surface area (Å²) < 4.78 is 0. The van der Waals surface area contributed by atoms with Gasteiger partial charge in [0.05, 0.1) is 12.8 Å². The topological polar surface area (TPSA) is 61.7 Å². The predicted octanol–water partition coefficient (Wildman–Crippen LogP) is -0.586. The van der Waals surface area contributed by atoms with E-state index in [9.17, 15) is 0 Å². The van der Waals surface area contributed by atoms with E-state index < -0.39 is 7.12 Å². The lowest BCUT2D eigenvalue weighted by atomic mass is 9.79. The van der Waals surface area contributed by atoms with Crippen LogP contribution in [0.4, 0.5) is 0 Å². The first-order chi connectivity index (χ1) is 7.22. The van der Waals surface area contributed by atoms with Crippen LogP contribution in [0.25, 0.3) is 5.70 Å². The van der Waals surface area contributed by atoms with Crippen molar-refractivity contribution in [2.45, 2.75) is 6.42 Å². The molecule has 4 nitrogen and oxygen atoms in total. The Kier molecular flexibility index (Phi) is 2.77. The average molecular weight is 205 g/mol. The van der Waals surface area contributed by atoms with Gasteiger partial charge in [0.1, 0.15) is 0 Å². The van der Waals surface area contributed by atoms with Crippen molar-refractivity contribution in [1.82, 2.24) is 5.48 Å². The predicted molar refractivity (Wildman–Crippen MR) is 58.1 cm³/mol. The van der Waals surface area contributed by atoms with Gasteiger partial charge in [-0.2, -0.15) is 0 Å². The van der Waals surface area contributed by atoms with Gasteiger partial charge in [0, 0.05) is 5.56 Å². The molecule has 1 aliphatic carbocycles. The Labute approximate surface area is 88.3 Å². The van der Waals surface area contributed by atoms with Gasteiger partial charge in [-0.1, -0.05) is 24.3 Å². The zero-order chi connectivity index (χ0) is 10.8. The number of nitrogens with one attached hydrogen (secondary N) is 1. The van der Waals surface area contributed by atoms with Crippen molar-refractivity contribution in [3.8, 4) is 0 Å². The molecule has 78 valence electrons. The lowest BCUT2D eigenvalue weighted by molar-refractivity contribution is 0.137. The first-order valence-corrected chi connectivity index (χ1v) is 4.71. The van der Waals surface area contributed by atoms with E-state index in [0.717, 1.165) is 23.2 Å².